The maximum atomic E-state index is 10.9. The number of esters is 1. The van der Waals surface area contributed by atoms with Gasteiger partial charge >= 0.3 is 5.97 Å². The van der Waals surface area contributed by atoms with Gasteiger partial charge in [-0.3, -0.25) is 0 Å². The van der Waals surface area contributed by atoms with Crippen LogP contribution in [0.25, 0.3) is 0 Å². The molecule has 0 fully saturated rings. The van der Waals surface area contributed by atoms with Crippen LogP contribution in [0.1, 0.15) is 13.3 Å². The highest BCUT2D eigenvalue weighted by Crippen LogP contribution is 2.21. The number of hydrogen-bond donors (Lipinski definition) is 0. The Kier molecular flexibility index (Phi) is 2.19. The zero-order valence-corrected chi connectivity index (χ0v) is 7.47. The predicted octanol–water partition coefficient (Wildman–Crippen LogP) is 1.20. The van der Waals surface area contributed by atoms with Gasteiger partial charge in [-0.1, -0.05) is 13.0 Å². The van der Waals surface area contributed by atoms with E-state index in [0.717, 1.165) is 6.42 Å². The van der Waals surface area contributed by atoms with E-state index in [-0.39, 0.29) is 24.3 Å². The molecule has 0 amide bonds. The average Bonchev–Trinajstić information content (AvgIpc) is 2.17. The molecular weight excluding hydrogens is 168 g/mol. The van der Waals surface area contributed by atoms with E-state index in [2.05, 4.69) is 6.92 Å². The molecule has 2 aliphatic rings. The summed E-state index contributed by atoms with van der Waals surface area (Å²) in [5.74, 6) is -0.288. The second-order valence-electron chi connectivity index (χ2n) is 3.19. The van der Waals surface area contributed by atoms with Crippen LogP contribution in [-0.2, 0) is 14.3 Å². The number of rotatable bonds is 1. The Morgan fingerprint density at radius 3 is 2.92 bits per heavy atom. The number of hydrogen-bond acceptors (Lipinski definition) is 3. The Bertz CT molecular complexity index is 267. The lowest BCUT2D eigenvalue weighted by Gasteiger charge is -2.31. The topological polar surface area (TPSA) is 35.5 Å². The molecule has 70 valence electrons. The Morgan fingerprint density at radius 1 is 1.31 bits per heavy atom. The standard InChI is InChI=1S/C10H12O3/c1-2-7-3-4-9-8(12-7)5-6-10(11)13-9/h3-9H,2H2,1H3/t7-,8-,9-/m1/s1. The van der Waals surface area contributed by atoms with Gasteiger partial charge in [0.15, 0.2) is 6.10 Å². The van der Waals surface area contributed by atoms with Gasteiger partial charge in [0.25, 0.3) is 0 Å². The first kappa shape index (κ1) is 8.51. The molecule has 0 radical (unpaired) electrons. The van der Waals surface area contributed by atoms with Crippen molar-refractivity contribution in [2.24, 2.45) is 0 Å². The van der Waals surface area contributed by atoms with E-state index in [0.29, 0.717) is 0 Å². The van der Waals surface area contributed by atoms with Crippen molar-refractivity contribution in [1.29, 1.82) is 0 Å². The Labute approximate surface area is 77.0 Å². The molecule has 0 N–H and O–H groups in total. The van der Waals surface area contributed by atoms with Crippen LogP contribution >= 0.6 is 0 Å². The third kappa shape index (κ3) is 1.65. The third-order valence-corrected chi connectivity index (χ3v) is 2.25. The molecule has 0 saturated carbocycles. The number of carbonyl (C=O) groups excluding carboxylic acids is 1. The van der Waals surface area contributed by atoms with E-state index in [1.165, 1.54) is 6.08 Å². The molecular formula is C10H12O3. The van der Waals surface area contributed by atoms with Crippen LogP contribution in [0.2, 0.25) is 0 Å². The monoisotopic (exact) mass is 180 g/mol. The van der Waals surface area contributed by atoms with E-state index < -0.39 is 0 Å². The summed E-state index contributed by atoms with van der Waals surface area (Å²) >= 11 is 0. The molecule has 3 heteroatoms. The number of carbonyl (C=O) groups is 1. The highest BCUT2D eigenvalue weighted by atomic mass is 16.6. The van der Waals surface area contributed by atoms with Crippen LogP contribution in [0.15, 0.2) is 24.3 Å². The van der Waals surface area contributed by atoms with E-state index >= 15 is 0 Å². The molecule has 13 heavy (non-hydrogen) atoms. The first-order chi connectivity index (χ1) is 6.29. The smallest absolute Gasteiger partial charge is 0.331 e. The average molecular weight is 180 g/mol. The lowest BCUT2D eigenvalue weighted by atomic mass is 10.1. The molecule has 2 rings (SSSR count). The third-order valence-electron chi connectivity index (χ3n) is 2.25. The lowest BCUT2D eigenvalue weighted by molar-refractivity contribution is -0.150. The molecule has 3 nitrogen and oxygen atoms in total. The molecule has 0 unspecified atom stereocenters. The Balaban J connectivity index is 2.12. The van der Waals surface area contributed by atoms with Crippen molar-refractivity contribution < 1.29 is 14.3 Å². The van der Waals surface area contributed by atoms with Crippen molar-refractivity contribution in [3.8, 4) is 0 Å². The maximum absolute atomic E-state index is 10.9. The fourth-order valence-corrected chi connectivity index (χ4v) is 1.51. The van der Waals surface area contributed by atoms with E-state index in [9.17, 15) is 4.79 Å². The molecule has 2 aliphatic heterocycles. The zero-order valence-electron chi connectivity index (χ0n) is 7.47. The SMILES string of the molecule is CC[C@@H]1C=C[C@H]2OC(=O)C=C[C@H]2O1. The van der Waals surface area contributed by atoms with Crippen LogP contribution < -0.4 is 0 Å². The summed E-state index contributed by atoms with van der Waals surface area (Å²) in [6.07, 6.45) is 7.84. The molecule has 0 aromatic carbocycles. The van der Waals surface area contributed by atoms with Gasteiger partial charge in [0.1, 0.15) is 6.10 Å². The normalized spacial score (nSPS) is 37.0. The fraction of sp³-hybridized carbons (Fsp3) is 0.500. The minimum absolute atomic E-state index is 0.0901. The Morgan fingerprint density at radius 2 is 2.15 bits per heavy atom. The fourth-order valence-electron chi connectivity index (χ4n) is 1.51. The van der Waals surface area contributed by atoms with Crippen LogP contribution in [0.4, 0.5) is 0 Å². The van der Waals surface area contributed by atoms with Gasteiger partial charge in [0.2, 0.25) is 0 Å². The molecule has 2 heterocycles. The summed E-state index contributed by atoms with van der Waals surface area (Å²) in [6, 6.07) is 0. The van der Waals surface area contributed by atoms with Crippen LogP contribution in [0.3, 0.4) is 0 Å². The molecule has 0 saturated heterocycles. The van der Waals surface area contributed by atoms with Gasteiger partial charge in [-0.15, -0.1) is 0 Å². The highest BCUT2D eigenvalue weighted by Gasteiger charge is 2.29. The summed E-state index contributed by atoms with van der Waals surface area (Å²) in [6.45, 7) is 2.06. The van der Waals surface area contributed by atoms with Crippen molar-refractivity contribution >= 4 is 5.97 Å². The summed E-state index contributed by atoms with van der Waals surface area (Å²) in [5.41, 5.74) is 0. The van der Waals surface area contributed by atoms with E-state index in [1.54, 1.807) is 6.08 Å². The van der Waals surface area contributed by atoms with Crippen LogP contribution in [-0.4, -0.2) is 24.3 Å². The summed E-state index contributed by atoms with van der Waals surface area (Å²) in [4.78, 5) is 10.9. The predicted molar refractivity (Wildman–Crippen MR) is 47.1 cm³/mol. The van der Waals surface area contributed by atoms with Crippen molar-refractivity contribution in [2.75, 3.05) is 0 Å². The quantitative estimate of drug-likeness (QED) is 0.449. The molecule has 0 spiro atoms. The second kappa shape index (κ2) is 3.34. The minimum Gasteiger partial charge on any atom is -0.452 e. The summed E-state index contributed by atoms with van der Waals surface area (Å²) < 4.78 is 10.7. The number of ether oxygens (including phenoxy) is 2. The van der Waals surface area contributed by atoms with Crippen molar-refractivity contribution in [1.82, 2.24) is 0 Å². The molecule has 0 aromatic rings. The molecule has 0 aliphatic carbocycles. The number of fused-ring (bicyclic) bond motifs is 1. The van der Waals surface area contributed by atoms with Crippen LogP contribution in [0, 0.1) is 0 Å². The van der Waals surface area contributed by atoms with E-state index in [4.69, 9.17) is 9.47 Å². The first-order valence-electron chi connectivity index (χ1n) is 4.52. The van der Waals surface area contributed by atoms with Crippen molar-refractivity contribution in [2.45, 2.75) is 31.7 Å². The van der Waals surface area contributed by atoms with Gasteiger partial charge in [0, 0.05) is 6.08 Å². The largest absolute Gasteiger partial charge is 0.452 e. The van der Waals surface area contributed by atoms with Gasteiger partial charge in [-0.05, 0) is 18.6 Å². The highest BCUT2D eigenvalue weighted by molar-refractivity contribution is 5.83. The first-order valence-corrected chi connectivity index (χ1v) is 4.52. The molecule has 0 bridgehead atoms. The lowest BCUT2D eigenvalue weighted by Crippen LogP contribution is -2.39. The van der Waals surface area contributed by atoms with Crippen molar-refractivity contribution in [3.05, 3.63) is 24.3 Å². The van der Waals surface area contributed by atoms with Crippen molar-refractivity contribution in [3.63, 3.8) is 0 Å². The van der Waals surface area contributed by atoms with Gasteiger partial charge < -0.3 is 9.47 Å². The summed E-state index contributed by atoms with van der Waals surface area (Å²) in [7, 11) is 0. The van der Waals surface area contributed by atoms with Gasteiger partial charge in [-0.25, -0.2) is 4.79 Å². The summed E-state index contributed by atoms with van der Waals surface area (Å²) in [5, 5.41) is 0. The van der Waals surface area contributed by atoms with Crippen LogP contribution in [0.5, 0.6) is 0 Å². The maximum Gasteiger partial charge on any atom is 0.331 e. The Hall–Kier alpha value is -1.09. The molecule has 3 atom stereocenters. The molecule has 0 aromatic heterocycles. The van der Waals surface area contributed by atoms with Gasteiger partial charge in [0.05, 0.1) is 6.10 Å². The zero-order chi connectivity index (χ0) is 9.26. The minimum atomic E-state index is -0.288. The second-order valence-corrected chi connectivity index (χ2v) is 3.19. The van der Waals surface area contributed by atoms with E-state index in [1.807, 2.05) is 12.2 Å². The van der Waals surface area contributed by atoms with Gasteiger partial charge in [-0.2, -0.15) is 0 Å².